The Kier molecular flexibility index (Phi) is 7.60. The third kappa shape index (κ3) is 5.64. The first-order chi connectivity index (χ1) is 16.5. The number of hydrazone groups is 1. The van der Waals surface area contributed by atoms with Crippen LogP contribution in [0.2, 0.25) is 0 Å². The van der Waals surface area contributed by atoms with E-state index in [9.17, 15) is 4.79 Å². The molecule has 172 valence electrons. The van der Waals surface area contributed by atoms with Crippen LogP contribution in [0.1, 0.15) is 34.0 Å². The summed E-state index contributed by atoms with van der Waals surface area (Å²) < 4.78 is 12.6. The highest BCUT2D eigenvalue weighted by Gasteiger charge is 2.13. The lowest BCUT2D eigenvalue weighted by Crippen LogP contribution is -2.17. The van der Waals surface area contributed by atoms with E-state index in [4.69, 9.17) is 9.47 Å². The summed E-state index contributed by atoms with van der Waals surface area (Å²) in [4.78, 5) is 12.5. The van der Waals surface area contributed by atoms with Gasteiger partial charge >= 0.3 is 0 Å². The molecule has 0 atom stereocenters. The van der Waals surface area contributed by atoms with E-state index in [1.54, 1.807) is 12.3 Å². The molecule has 6 heteroatoms. The molecule has 0 radical (unpaired) electrons. The molecule has 0 aliphatic heterocycles. The number of fused-ring (bicyclic) bond motifs is 1. The van der Waals surface area contributed by atoms with Crippen LogP contribution in [0.25, 0.3) is 10.8 Å². The van der Waals surface area contributed by atoms with Crippen molar-refractivity contribution in [2.24, 2.45) is 5.10 Å². The number of nitrogens with one attached hydrogen (secondary N) is 1. The number of hydrogen-bond acceptors (Lipinski definition) is 4. The summed E-state index contributed by atoms with van der Waals surface area (Å²) in [6.45, 7) is 4.90. The Morgan fingerprint density at radius 3 is 2.53 bits per heavy atom. The molecule has 0 aromatic heterocycles. The molecule has 1 amide bonds. The summed E-state index contributed by atoms with van der Waals surface area (Å²) in [7, 11) is 0. The summed E-state index contributed by atoms with van der Waals surface area (Å²) in [5, 5.41) is 6.22. The van der Waals surface area contributed by atoms with Crippen molar-refractivity contribution in [2.75, 3.05) is 6.61 Å². The van der Waals surface area contributed by atoms with Crippen LogP contribution < -0.4 is 14.9 Å². The number of ether oxygens (including phenoxy) is 2. The van der Waals surface area contributed by atoms with Gasteiger partial charge in [0.1, 0.15) is 6.61 Å². The Hall–Kier alpha value is -3.64. The lowest BCUT2D eigenvalue weighted by atomic mass is 10.1. The fourth-order valence-electron chi connectivity index (χ4n) is 3.55. The summed E-state index contributed by atoms with van der Waals surface area (Å²) in [6.07, 6.45) is 1.58. The van der Waals surface area contributed by atoms with Crippen LogP contribution in [0.3, 0.4) is 0 Å². The molecule has 0 heterocycles. The van der Waals surface area contributed by atoms with Crippen LogP contribution in [-0.4, -0.2) is 18.7 Å². The SMILES string of the molecule is CCOc1cc(/C=N\NC(=O)c2ccc3ccccc3c2)cc(Br)c1OCc1ccccc1C. The Morgan fingerprint density at radius 2 is 1.74 bits per heavy atom. The number of benzene rings is 4. The van der Waals surface area contributed by atoms with E-state index in [-0.39, 0.29) is 5.91 Å². The number of carbonyl (C=O) groups is 1. The first-order valence-corrected chi connectivity index (χ1v) is 11.8. The van der Waals surface area contributed by atoms with Crippen LogP contribution in [0.4, 0.5) is 0 Å². The minimum Gasteiger partial charge on any atom is -0.490 e. The zero-order valence-electron chi connectivity index (χ0n) is 19.0. The Bertz CT molecular complexity index is 1350. The molecule has 1 N–H and O–H groups in total. The van der Waals surface area contributed by atoms with E-state index in [2.05, 4.69) is 39.4 Å². The fourth-order valence-corrected chi connectivity index (χ4v) is 4.12. The standard InChI is InChI=1S/C28H25BrN2O3/c1-3-33-26-15-20(14-25(29)27(26)34-18-24-11-5-4-8-19(24)2)17-30-31-28(32)23-13-12-21-9-6-7-10-22(21)16-23/h4-17H,3,18H2,1-2H3,(H,31,32)/b30-17-. The summed E-state index contributed by atoms with van der Waals surface area (Å²) in [5.41, 5.74) is 6.18. The van der Waals surface area contributed by atoms with Crippen molar-refractivity contribution in [3.63, 3.8) is 0 Å². The topological polar surface area (TPSA) is 59.9 Å². The van der Waals surface area contributed by atoms with Gasteiger partial charge in [0.15, 0.2) is 11.5 Å². The quantitative estimate of drug-likeness (QED) is 0.210. The molecule has 4 aromatic carbocycles. The van der Waals surface area contributed by atoms with Crippen LogP contribution in [0.15, 0.2) is 88.4 Å². The summed E-state index contributed by atoms with van der Waals surface area (Å²) >= 11 is 3.59. The van der Waals surface area contributed by atoms with Gasteiger partial charge in [-0.05, 0) is 81.5 Å². The second-order valence-corrected chi connectivity index (χ2v) is 8.59. The third-order valence-electron chi connectivity index (χ3n) is 5.36. The number of amides is 1. The average Bonchev–Trinajstić information content (AvgIpc) is 2.84. The normalized spacial score (nSPS) is 11.0. The minimum absolute atomic E-state index is 0.274. The average molecular weight is 517 g/mol. The van der Waals surface area contributed by atoms with Crippen LogP contribution in [0.5, 0.6) is 11.5 Å². The predicted molar refractivity (Wildman–Crippen MR) is 140 cm³/mol. The largest absolute Gasteiger partial charge is 0.490 e. The lowest BCUT2D eigenvalue weighted by molar-refractivity contribution is 0.0955. The molecule has 0 spiro atoms. The Morgan fingerprint density at radius 1 is 0.971 bits per heavy atom. The Labute approximate surface area is 207 Å². The van der Waals surface area contributed by atoms with Gasteiger partial charge in [-0.15, -0.1) is 0 Å². The van der Waals surface area contributed by atoms with Gasteiger partial charge < -0.3 is 9.47 Å². The summed E-state index contributed by atoms with van der Waals surface area (Å²) in [6, 6.07) is 25.3. The van der Waals surface area contributed by atoms with Crippen molar-refractivity contribution in [3.05, 3.63) is 106 Å². The van der Waals surface area contributed by atoms with E-state index < -0.39 is 0 Å². The Balaban J connectivity index is 1.47. The second kappa shape index (κ2) is 11.0. The predicted octanol–water partition coefficient (Wildman–Crippen LogP) is 6.65. The molecule has 4 rings (SSSR count). The number of nitrogens with zero attached hydrogens (tertiary/aromatic N) is 1. The number of carbonyl (C=O) groups excluding carboxylic acids is 1. The van der Waals surface area contributed by atoms with Crippen LogP contribution in [0, 0.1) is 6.92 Å². The monoisotopic (exact) mass is 516 g/mol. The van der Waals surface area contributed by atoms with Gasteiger partial charge in [0.05, 0.1) is 17.3 Å². The van der Waals surface area contributed by atoms with Gasteiger partial charge in [-0.1, -0.05) is 54.6 Å². The first-order valence-electron chi connectivity index (χ1n) is 11.0. The number of rotatable bonds is 8. The minimum atomic E-state index is -0.274. The number of hydrogen-bond donors (Lipinski definition) is 1. The van der Waals surface area contributed by atoms with E-state index in [1.807, 2.05) is 73.7 Å². The van der Waals surface area contributed by atoms with Crippen LogP contribution >= 0.6 is 15.9 Å². The maximum absolute atomic E-state index is 12.5. The van der Waals surface area contributed by atoms with E-state index in [1.165, 1.54) is 5.56 Å². The van der Waals surface area contributed by atoms with Gasteiger partial charge in [-0.3, -0.25) is 4.79 Å². The molecule has 0 bridgehead atoms. The highest BCUT2D eigenvalue weighted by molar-refractivity contribution is 9.10. The van der Waals surface area contributed by atoms with Crippen molar-refractivity contribution >= 4 is 38.8 Å². The molecule has 0 saturated carbocycles. The zero-order chi connectivity index (χ0) is 23.9. The van der Waals surface area contributed by atoms with Gasteiger partial charge in [-0.2, -0.15) is 5.10 Å². The summed E-state index contributed by atoms with van der Waals surface area (Å²) in [5.74, 6) is 0.958. The van der Waals surface area contributed by atoms with Crippen molar-refractivity contribution in [2.45, 2.75) is 20.5 Å². The van der Waals surface area contributed by atoms with E-state index in [0.717, 1.165) is 26.4 Å². The highest BCUT2D eigenvalue weighted by atomic mass is 79.9. The molecule has 0 saturated heterocycles. The molecular formula is C28H25BrN2O3. The molecule has 0 fully saturated rings. The fraction of sp³-hybridized carbons (Fsp3) is 0.143. The van der Waals surface area contributed by atoms with Gasteiger partial charge in [0.25, 0.3) is 5.91 Å². The van der Waals surface area contributed by atoms with Crippen molar-refractivity contribution in [1.29, 1.82) is 0 Å². The molecule has 0 aliphatic carbocycles. The van der Waals surface area contributed by atoms with Gasteiger partial charge in [-0.25, -0.2) is 5.43 Å². The molecule has 5 nitrogen and oxygen atoms in total. The number of aryl methyl sites for hydroxylation is 1. The maximum atomic E-state index is 12.5. The van der Waals surface area contributed by atoms with Crippen molar-refractivity contribution in [1.82, 2.24) is 5.43 Å². The first kappa shape index (κ1) is 23.5. The van der Waals surface area contributed by atoms with Crippen molar-refractivity contribution < 1.29 is 14.3 Å². The molecule has 0 unspecified atom stereocenters. The molecule has 0 aliphatic rings. The van der Waals surface area contributed by atoms with Gasteiger partial charge in [0.2, 0.25) is 0 Å². The third-order valence-corrected chi connectivity index (χ3v) is 5.95. The highest BCUT2D eigenvalue weighted by Crippen LogP contribution is 2.37. The van der Waals surface area contributed by atoms with Gasteiger partial charge in [0, 0.05) is 5.56 Å². The molecular weight excluding hydrogens is 492 g/mol. The zero-order valence-corrected chi connectivity index (χ0v) is 20.6. The number of halogens is 1. The van der Waals surface area contributed by atoms with Crippen LogP contribution in [-0.2, 0) is 6.61 Å². The second-order valence-electron chi connectivity index (χ2n) is 7.74. The lowest BCUT2D eigenvalue weighted by Gasteiger charge is -2.15. The molecule has 34 heavy (non-hydrogen) atoms. The maximum Gasteiger partial charge on any atom is 0.271 e. The van der Waals surface area contributed by atoms with E-state index in [0.29, 0.717) is 30.3 Å². The van der Waals surface area contributed by atoms with E-state index >= 15 is 0 Å². The smallest absolute Gasteiger partial charge is 0.271 e. The molecule has 4 aromatic rings. The van der Waals surface area contributed by atoms with Crippen molar-refractivity contribution in [3.8, 4) is 11.5 Å².